The van der Waals surface area contributed by atoms with E-state index in [4.69, 9.17) is 5.73 Å². The first kappa shape index (κ1) is 19.7. The molecule has 2 fully saturated rings. The number of nitrogens with two attached hydrogens (primary N) is 1. The summed E-state index contributed by atoms with van der Waals surface area (Å²) in [6, 6.07) is 0. The van der Waals surface area contributed by atoms with E-state index in [0.29, 0.717) is 32.1 Å². The number of sulfonamides is 1. The Kier molecular flexibility index (Phi) is 8.10. The van der Waals surface area contributed by atoms with Gasteiger partial charge in [0.1, 0.15) is 0 Å². The van der Waals surface area contributed by atoms with Crippen molar-refractivity contribution in [1.82, 2.24) is 9.62 Å². The quantitative estimate of drug-likeness (QED) is 0.735. The normalized spacial score (nSPS) is 24.0. The molecule has 8 heteroatoms. The number of piperidine rings is 1. The summed E-state index contributed by atoms with van der Waals surface area (Å²) in [5.74, 6) is 0.260. The topological polar surface area (TPSA) is 92.5 Å². The molecule has 1 saturated carbocycles. The average Bonchev–Trinajstić information content (AvgIpc) is 2.97. The van der Waals surface area contributed by atoms with Crippen LogP contribution in [-0.2, 0) is 14.8 Å². The lowest BCUT2D eigenvalue weighted by molar-refractivity contribution is -0.126. The number of hydrogen-bond acceptors (Lipinski definition) is 4. The molecule has 3 N–H and O–H groups in total. The van der Waals surface area contributed by atoms with E-state index < -0.39 is 10.0 Å². The third-order valence-corrected chi connectivity index (χ3v) is 6.52. The lowest BCUT2D eigenvalue weighted by atomic mass is 9.99. The minimum absolute atomic E-state index is 0. The molecule has 0 radical (unpaired) electrons. The number of hydrogen-bond donors (Lipinski definition) is 2. The van der Waals surface area contributed by atoms with E-state index in [1.165, 1.54) is 4.31 Å². The standard InChI is InChI=1S/C14H27N3O3S.ClH/c15-7-8-16-14(18)13-6-3-9-17(10-13)21(19,20)11-12-4-1-2-5-12;/h12-13H,1-11,15H2,(H,16,18);1H. The van der Waals surface area contributed by atoms with Crippen molar-refractivity contribution < 1.29 is 13.2 Å². The monoisotopic (exact) mass is 353 g/mol. The molecule has 6 nitrogen and oxygen atoms in total. The maximum atomic E-state index is 12.5. The fraction of sp³-hybridized carbons (Fsp3) is 0.929. The van der Waals surface area contributed by atoms with Crippen LogP contribution < -0.4 is 11.1 Å². The number of halogens is 1. The highest BCUT2D eigenvalue weighted by Crippen LogP contribution is 2.28. The van der Waals surface area contributed by atoms with E-state index in [9.17, 15) is 13.2 Å². The van der Waals surface area contributed by atoms with Gasteiger partial charge < -0.3 is 11.1 Å². The number of nitrogens with one attached hydrogen (secondary N) is 1. The second-order valence-electron chi connectivity index (χ2n) is 6.21. The van der Waals surface area contributed by atoms with Crippen molar-refractivity contribution in [3.05, 3.63) is 0 Å². The predicted octanol–water partition coefficient (Wildman–Crippen LogP) is 0.715. The van der Waals surface area contributed by atoms with Crippen molar-refractivity contribution in [3.63, 3.8) is 0 Å². The molecule has 1 aliphatic carbocycles. The Morgan fingerprint density at radius 1 is 1.18 bits per heavy atom. The van der Waals surface area contributed by atoms with Crippen molar-refractivity contribution in [2.24, 2.45) is 17.6 Å². The molecular formula is C14H28ClN3O3S. The van der Waals surface area contributed by atoms with Gasteiger partial charge in [0.05, 0.1) is 11.7 Å². The molecule has 1 heterocycles. The highest BCUT2D eigenvalue weighted by molar-refractivity contribution is 7.89. The lowest BCUT2D eigenvalue weighted by Gasteiger charge is -2.32. The van der Waals surface area contributed by atoms with Gasteiger partial charge in [0.15, 0.2) is 0 Å². The summed E-state index contributed by atoms with van der Waals surface area (Å²) in [6.07, 6.45) is 5.84. The summed E-state index contributed by atoms with van der Waals surface area (Å²) < 4.78 is 26.5. The maximum absolute atomic E-state index is 12.5. The van der Waals surface area contributed by atoms with Crippen LogP contribution in [0.4, 0.5) is 0 Å². The zero-order valence-corrected chi connectivity index (χ0v) is 14.6. The Balaban J connectivity index is 0.00000242. The van der Waals surface area contributed by atoms with E-state index in [-0.39, 0.29) is 30.0 Å². The van der Waals surface area contributed by atoms with Gasteiger partial charge in [-0.05, 0) is 31.6 Å². The van der Waals surface area contributed by atoms with Gasteiger partial charge >= 0.3 is 0 Å². The van der Waals surface area contributed by atoms with Crippen molar-refractivity contribution in [1.29, 1.82) is 0 Å². The smallest absolute Gasteiger partial charge is 0.224 e. The van der Waals surface area contributed by atoms with Crippen molar-refractivity contribution in [2.75, 3.05) is 31.9 Å². The van der Waals surface area contributed by atoms with Gasteiger partial charge in [0.25, 0.3) is 0 Å². The van der Waals surface area contributed by atoms with Crippen molar-refractivity contribution in [2.45, 2.75) is 38.5 Å². The third-order valence-electron chi connectivity index (χ3n) is 4.51. The molecule has 1 unspecified atom stereocenters. The first-order chi connectivity index (χ1) is 10.0. The van der Waals surface area contributed by atoms with Crippen molar-refractivity contribution in [3.8, 4) is 0 Å². The summed E-state index contributed by atoms with van der Waals surface area (Å²) in [7, 11) is -3.23. The number of rotatable bonds is 6. The summed E-state index contributed by atoms with van der Waals surface area (Å²) in [6.45, 7) is 1.73. The van der Waals surface area contributed by atoms with Crippen molar-refractivity contribution >= 4 is 28.3 Å². The SMILES string of the molecule is Cl.NCCNC(=O)C1CCCN(S(=O)(=O)CC2CCCC2)C1. The highest BCUT2D eigenvalue weighted by Gasteiger charge is 2.34. The van der Waals surface area contributed by atoms with E-state index in [0.717, 1.165) is 38.5 Å². The molecule has 22 heavy (non-hydrogen) atoms. The van der Waals surface area contributed by atoms with Crippen LogP contribution in [0, 0.1) is 11.8 Å². The van der Waals surface area contributed by atoms with Crippen LogP contribution in [0.1, 0.15) is 38.5 Å². The van der Waals surface area contributed by atoms with Crippen LogP contribution in [0.15, 0.2) is 0 Å². The molecule has 0 aromatic carbocycles. The van der Waals surface area contributed by atoms with Crippen LogP contribution in [0.2, 0.25) is 0 Å². The lowest BCUT2D eigenvalue weighted by Crippen LogP contribution is -2.47. The Morgan fingerprint density at radius 3 is 2.50 bits per heavy atom. The fourth-order valence-electron chi connectivity index (χ4n) is 3.33. The molecule has 130 valence electrons. The Morgan fingerprint density at radius 2 is 1.86 bits per heavy atom. The molecule has 1 saturated heterocycles. The van der Waals surface area contributed by atoms with E-state index >= 15 is 0 Å². The van der Waals surface area contributed by atoms with E-state index in [2.05, 4.69) is 5.32 Å². The minimum atomic E-state index is -3.23. The second kappa shape index (κ2) is 9.05. The third kappa shape index (κ3) is 5.37. The van der Waals surface area contributed by atoms with Gasteiger partial charge in [-0.25, -0.2) is 12.7 Å². The molecule has 2 rings (SSSR count). The van der Waals surface area contributed by atoms with Crippen LogP contribution >= 0.6 is 12.4 Å². The Hall–Kier alpha value is -0.370. The zero-order valence-electron chi connectivity index (χ0n) is 13.0. The molecule has 0 aromatic heterocycles. The Labute approximate surface area is 139 Å². The minimum Gasteiger partial charge on any atom is -0.355 e. The van der Waals surface area contributed by atoms with Gasteiger partial charge in [-0.3, -0.25) is 4.79 Å². The predicted molar refractivity (Wildman–Crippen MR) is 89.4 cm³/mol. The first-order valence-corrected chi connectivity index (χ1v) is 9.59. The van der Waals surface area contributed by atoms with Gasteiger partial charge in [-0.2, -0.15) is 0 Å². The summed E-state index contributed by atoms with van der Waals surface area (Å²) in [5.41, 5.74) is 5.37. The van der Waals surface area contributed by atoms with Gasteiger partial charge in [0, 0.05) is 26.2 Å². The van der Waals surface area contributed by atoms with Gasteiger partial charge in [-0.1, -0.05) is 12.8 Å². The molecule has 1 aliphatic heterocycles. The molecule has 1 atom stereocenters. The van der Waals surface area contributed by atoms with Gasteiger partial charge in [-0.15, -0.1) is 12.4 Å². The summed E-state index contributed by atoms with van der Waals surface area (Å²) in [4.78, 5) is 12.0. The second-order valence-corrected chi connectivity index (χ2v) is 8.22. The van der Waals surface area contributed by atoms with E-state index in [1.807, 2.05) is 0 Å². The molecule has 0 bridgehead atoms. The summed E-state index contributed by atoms with van der Waals surface area (Å²) >= 11 is 0. The van der Waals surface area contributed by atoms with E-state index in [1.54, 1.807) is 0 Å². The number of nitrogens with zero attached hydrogens (tertiary/aromatic N) is 1. The summed E-state index contributed by atoms with van der Waals surface area (Å²) in [5, 5.41) is 2.76. The van der Waals surface area contributed by atoms with Gasteiger partial charge in [0.2, 0.25) is 15.9 Å². The van der Waals surface area contributed by atoms with Crippen LogP contribution in [0.25, 0.3) is 0 Å². The molecular weight excluding hydrogens is 326 g/mol. The first-order valence-electron chi connectivity index (χ1n) is 7.98. The number of carbonyl (C=O) groups excluding carboxylic acids is 1. The average molecular weight is 354 g/mol. The molecule has 0 aromatic rings. The molecule has 2 aliphatic rings. The van der Waals surface area contributed by atoms with Crippen LogP contribution in [0.5, 0.6) is 0 Å². The number of carbonyl (C=O) groups is 1. The molecule has 1 amide bonds. The van der Waals surface area contributed by atoms with Crippen LogP contribution in [-0.4, -0.2) is 50.6 Å². The number of amides is 1. The maximum Gasteiger partial charge on any atom is 0.224 e. The zero-order chi connectivity index (χ0) is 15.3. The fourth-order valence-corrected chi connectivity index (χ4v) is 5.28. The van der Waals surface area contributed by atoms with Crippen LogP contribution in [0.3, 0.4) is 0 Å². The molecule has 0 spiro atoms. The largest absolute Gasteiger partial charge is 0.355 e. The Bertz CT molecular complexity index is 452. The highest BCUT2D eigenvalue weighted by atomic mass is 35.5.